The van der Waals surface area contributed by atoms with Gasteiger partial charge in [-0.15, -0.1) is 0 Å². The van der Waals surface area contributed by atoms with Gasteiger partial charge in [0.1, 0.15) is 5.82 Å². The number of nitrogens with zero attached hydrogens (tertiary/aromatic N) is 4. The van der Waals surface area contributed by atoms with Crippen LogP contribution >= 0.6 is 11.6 Å². The Balaban J connectivity index is 2.29. The predicted molar refractivity (Wildman–Crippen MR) is 76.0 cm³/mol. The van der Waals surface area contributed by atoms with E-state index >= 15 is 0 Å². The van der Waals surface area contributed by atoms with Crippen molar-refractivity contribution in [3.05, 3.63) is 23.7 Å². The molecule has 0 aromatic carbocycles. The first-order chi connectivity index (χ1) is 8.33. The second kappa shape index (κ2) is 4.70. The van der Waals surface area contributed by atoms with Crippen LogP contribution in [0.2, 0.25) is 24.9 Å². The summed E-state index contributed by atoms with van der Waals surface area (Å²) in [6.07, 6.45) is 4.72. The maximum Gasteiger partial charge on any atom is 0.224 e. The van der Waals surface area contributed by atoms with Crippen molar-refractivity contribution < 1.29 is 0 Å². The maximum absolute atomic E-state index is 5.79. The van der Waals surface area contributed by atoms with Gasteiger partial charge in [-0.2, -0.15) is 5.10 Å². The van der Waals surface area contributed by atoms with Gasteiger partial charge in [-0.1, -0.05) is 19.6 Å². The van der Waals surface area contributed by atoms with Crippen molar-refractivity contribution in [1.29, 1.82) is 0 Å². The predicted octanol–water partition coefficient (Wildman–Crippen LogP) is 2.45. The first kappa shape index (κ1) is 13.0. The molecule has 0 atom stereocenters. The van der Waals surface area contributed by atoms with Gasteiger partial charge in [0.25, 0.3) is 0 Å². The minimum atomic E-state index is -1.19. The molecule has 2 rings (SSSR count). The van der Waals surface area contributed by atoms with Gasteiger partial charge in [0.2, 0.25) is 5.28 Å². The van der Waals surface area contributed by atoms with Crippen molar-refractivity contribution in [3.8, 4) is 11.3 Å². The summed E-state index contributed by atoms with van der Waals surface area (Å²) in [6.45, 7) is 6.90. The third-order valence-electron chi connectivity index (χ3n) is 2.28. The van der Waals surface area contributed by atoms with Gasteiger partial charge in [-0.3, -0.25) is 4.68 Å². The first-order valence-corrected chi connectivity index (χ1v) is 9.75. The fourth-order valence-corrected chi connectivity index (χ4v) is 2.99. The lowest BCUT2D eigenvalue weighted by Crippen LogP contribution is -2.28. The molecular weight excluding hydrogens is 266 g/mol. The summed E-state index contributed by atoms with van der Waals surface area (Å²) in [4.78, 5) is 7.98. The average Bonchev–Trinajstić information content (AvgIpc) is 2.61. The van der Waals surface area contributed by atoms with Crippen molar-refractivity contribution >= 4 is 25.5 Å². The normalized spacial score (nSPS) is 11.8. The van der Waals surface area contributed by atoms with Gasteiger partial charge in [0, 0.05) is 24.0 Å². The maximum atomic E-state index is 5.79. The molecule has 2 aromatic rings. The molecule has 0 fully saturated rings. The van der Waals surface area contributed by atoms with Crippen molar-refractivity contribution in [1.82, 2.24) is 19.7 Å². The zero-order chi connectivity index (χ0) is 13.3. The third kappa shape index (κ3) is 3.30. The SMILES string of the molecule is C[Si](C)(C)Cn1cc(-c2cc(N)nc(Cl)n2)cn1. The smallest absolute Gasteiger partial charge is 0.224 e. The second-order valence-electron chi connectivity index (χ2n) is 5.43. The summed E-state index contributed by atoms with van der Waals surface area (Å²) in [7, 11) is -1.19. The molecule has 2 N–H and O–H groups in total. The molecule has 0 aliphatic heterocycles. The Kier molecular flexibility index (Phi) is 3.40. The standard InChI is InChI=1S/C11H16ClN5Si/c1-18(2,3)7-17-6-8(5-14-17)9-4-10(13)16-11(12)15-9/h4-6H,7H2,1-3H3,(H2,13,15,16). The molecule has 0 saturated heterocycles. The summed E-state index contributed by atoms with van der Waals surface area (Å²) >= 11 is 5.79. The molecular formula is C11H16ClN5Si. The molecule has 0 amide bonds. The van der Waals surface area contributed by atoms with Gasteiger partial charge in [-0.25, -0.2) is 9.97 Å². The van der Waals surface area contributed by atoms with Crippen LogP contribution in [-0.4, -0.2) is 27.8 Å². The summed E-state index contributed by atoms with van der Waals surface area (Å²) in [5.74, 6) is 0.364. The van der Waals surface area contributed by atoms with Gasteiger partial charge >= 0.3 is 0 Å². The Labute approximate surface area is 112 Å². The van der Waals surface area contributed by atoms with E-state index in [1.54, 1.807) is 12.3 Å². The van der Waals surface area contributed by atoms with Crippen LogP contribution in [0.25, 0.3) is 11.3 Å². The van der Waals surface area contributed by atoms with E-state index in [0.29, 0.717) is 11.5 Å². The molecule has 96 valence electrons. The molecule has 2 heterocycles. The lowest BCUT2D eigenvalue weighted by molar-refractivity contribution is 0.725. The molecule has 7 heteroatoms. The molecule has 0 aliphatic carbocycles. The van der Waals surface area contributed by atoms with E-state index in [1.165, 1.54) is 0 Å². The fraction of sp³-hybridized carbons (Fsp3) is 0.364. The highest BCUT2D eigenvalue weighted by molar-refractivity contribution is 6.74. The van der Waals surface area contributed by atoms with E-state index in [-0.39, 0.29) is 5.28 Å². The quantitative estimate of drug-likeness (QED) is 0.693. The van der Waals surface area contributed by atoms with Gasteiger partial charge in [-0.05, 0) is 11.6 Å². The van der Waals surface area contributed by atoms with Crippen LogP contribution in [0.1, 0.15) is 0 Å². The largest absolute Gasteiger partial charge is 0.384 e. The van der Waals surface area contributed by atoms with Gasteiger partial charge in [0.15, 0.2) is 0 Å². The van der Waals surface area contributed by atoms with Gasteiger partial charge in [0.05, 0.1) is 20.0 Å². The Hall–Kier alpha value is -1.40. The summed E-state index contributed by atoms with van der Waals surface area (Å²) in [5.41, 5.74) is 7.26. The zero-order valence-corrected chi connectivity index (χ0v) is 12.4. The number of nitrogen functional groups attached to an aromatic ring is 1. The monoisotopic (exact) mass is 281 g/mol. The second-order valence-corrected chi connectivity index (χ2v) is 11.2. The molecule has 0 aliphatic rings. The van der Waals surface area contributed by atoms with Crippen LogP contribution in [0.15, 0.2) is 18.5 Å². The number of hydrogen-bond acceptors (Lipinski definition) is 4. The van der Waals surface area contributed by atoms with Crippen LogP contribution in [0.5, 0.6) is 0 Å². The van der Waals surface area contributed by atoms with Crippen LogP contribution in [-0.2, 0) is 6.17 Å². The number of rotatable bonds is 3. The van der Waals surface area contributed by atoms with E-state index < -0.39 is 8.07 Å². The fourth-order valence-electron chi connectivity index (χ4n) is 1.65. The number of nitrogens with two attached hydrogens (primary N) is 1. The number of hydrogen-bond donors (Lipinski definition) is 1. The molecule has 0 bridgehead atoms. The first-order valence-electron chi connectivity index (χ1n) is 5.66. The number of aromatic nitrogens is 4. The molecule has 5 nitrogen and oxygen atoms in total. The molecule has 0 radical (unpaired) electrons. The van der Waals surface area contributed by atoms with Gasteiger partial charge < -0.3 is 5.73 Å². The Morgan fingerprint density at radius 2 is 2.06 bits per heavy atom. The number of anilines is 1. The Morgan fingerprint density at radius 3 is 2.67 bits per heavy atom. The van der Waals surface area contributed by atoms with Crippen LogP contribution < -0.4 is 5.73 Å². The molecule has 0 spiro atoms. The zero-order valence-electron chi connectivity index (χ0n) is 10.7. The van der Waals surface area contributed by atoms with Crippen LogP contribution in [0.4, 0.5) is 5.82 Å². The average molecular weight is 282 g/mol. The summed E-state index contributed by atoms with van der Waals surface area (Å²) < 4.78 is 1.95. The van der Waals surface area contributed by atoms with Crippen molar-refractivity contribution in [3.63, 3.8) is 0 Å². The molecule has 0 saturated carbocycles. The minimum absolute atomic E-state index is 0.156. The van der Waals surface area contributed by atoms with Crippen LogP contribution in [0, 0.1) is 0 Å². The van der Waals surface area contributed by atoms with E-state index in [4.69, 9.17) is 17.3 Å². The minimum Gasteiger partial charge on any atom is -0.384 e. The van der Waals surface area contributed by atoms with Crippen molar-refractivity contribution in [2.45, 2.75) is 25.8 Å². The highest BCUT2D eigenvalue weighted by Crippen LogP contribution is 2.20. The lowest BCUT2D eigenvalue weighted by atomic mass is 10.2. The van der Waals surface area contributed by atoms with E-state index in [1.807, 2.05) is 10.9 Å². The highest BCUT2D eigenvalue weighted by atomic mass is 35.5. The molecule has 0 unspecified atom stereocenters. The summed E-state index contributed by atoms with van der Waals surface area (Å²) in [5, 5.41) is 4.50. The molecule has 2 aromatic heterocycles. The van der Waals surface area contributed by atoms with Crippen molar-refractivity contribution in [2.24, 2.45) is 0 Å². The van der Waals surface area contributed by atoms with E-state index in [9.17, 15) is 0 Å². The Bertz CT molecular complexity index is 541. The molecule has 18 heavy (non-hydrogen) atoms. The lowest BCUT2D eigenvalue weighted by Gasteiger charge is -2.14. The van der Waals surface area contributed by atoms with E-state index in [0.717, 1.165) is 11.7 Å². The highest BCUT2D eigenvalue weighted by Gasteiger charge is 2.15. The number of halogens is 1. The third-order valence-corrected chi connectivity index (χ3v) is 3.73. The Morgan fingerprint density at radius 1 is 1.33 bits per heavy atom. The van der Waals surface area contributed by atoms with Crippen molar-refractivity contribution in [2.75, 3.05) is 5.73 Å². The topological polar surface area (TPSA) is 69.6 Å². The van der Waals surface area contributed by atoms with Crippen LogP contribution in [0.3, 0.4) is 0 Å². The van der Waals surface area contributed by atoms with E-state index in [2.05, 4.69) is 34.7 Å². The summed E-state index contributed by atoms with van der Waals surface area (Å²) in [6, 6.07) is 1.70.